The first kappa shape index (κ1) is 14.0. The Morgan fingerprint density at radius 3 is 2.76 bits per heavy atom. The lowest BCUT2D eigenvalue weighted by atomic mass is 10.1. The molecule has 0 radical (unpaired) electrons. The molecule has 1 unspecified atom stereocenters. The van der Waals surface area contributed by atoms with Gasteiger partial charge in [-0.1, -0.05) is 19.1 Å². The van der Waals surface area contributed by atoms with E-state index in [1.807, 2.05) is 6.07 Å². The molecular weight excluding hydrogens is 214 g/mol. The maximum atomic E-state index is 8.81. The van der Waals surface area contributed by atoms with Crippen LogP contribution in [0.3, 0.4) is 0 Å². The molecule has 1 rings (SSSR count). The van der Waals surface area contributed by atoms with Crippen molar-refractivity contribution in [2.24, 2.45) is 5.92 Å². The molecule has 0 fully saturated rings. The van der Waals surface area contributed by atoms with Crippen molar-refractivity contribution in [2.45, 2.75) is 26.8 Å². The molecule has 3 nitrogen and oxygen atoms in total. The third-order valence-electron chi connectivity index (χ3n) is 2.90. The Morgan fingerprint density at radius 2 is 2.18 bits per heavy atom. The molecule has 0 aromatic heterocycles. The molecule has 1 aromatic carbocycles. The number of hydrogen-bond acceptors (Lipinski definition) is 3. The van der Waals surface area contributed by atoms with E-state index in [9.17, 15) is 0 Å². The molecule has 0 saturated carbocycles. The number of methoxy groups -OCH3 is 1. The van der Waals surface area contributed by atoms with Crippen LogP contribution in [0.15, 0.2) is 18.2 Å². The van der Waals surface area contributed by atoms with Gasteiger partial charge < -0.3 is 15.2 Å². The second-order valence-electron chi connectivity index (χ2n) is 4.55. The van der Waals surface area contributed by atoms with Crippen LogP contribution >= 0.6 is 0 Å². The standard InChI is InChI=1S/C14H23NO2/c1-11(6-7-16)9-15-10-13-4-5-14(17-3)12(2)8-13/h4-5,8,11,15-16H,6-7,9-10H2,1-3H3. The van der Waals surface area contributed by atoms with Crippen LogP contribution in [-0.2, 0) is 6.54 Å². The molecule has 0 bridgehead atoms. The van der Waals surface area contributed by atoms with E-state index in [4.69, 9.17) is 9.84 Å². The number of aryl methyl sites for hydroxylation is 1. The molecule has 0 spiro atoms. The smallest absolute Gasteiger partial charge is 0.121 e. The summed E-state index contributed by atoms with van der Waals surface area (Å²) in [5.41, 5.74) is 2.43. The lowest BCUT2D eigenvalue weighted by Crippen LogP contribution is -2.21. The second-order valence-corrected chi connectivity index (χ2v) is 4.55. The van der Waals surface area contributed by atoms with Crippen molar-refractivity contribution < 1.29 is 9.84 Å². The molecule has 0 heterocycles. The lowest BCUT2D eigenvalue weighted by molar-refractivity contribution is 0.260. The van der Waals surface area contributed by atoms with Crippen LogP contribution in [0, 0.1) is 12.8 Å². The average Bonchev–Trinajstić information content (AvgIpc) is 2.29. The van der Waals surface area contributed by atoms with Crippen molar-refractivity contribution >= 4 is 0 Å². The van der Waals surface area contributed by atoms with Crippen molar-refractivity contribution in [1.82, 2.24) is 5.32 Å². The van der Waals surface area contributed by atoms with E-state index in [1.165, 1.54) is 5.56 Å². The molecule has 1 atom stereocenters. The lowest BCUT2D eigenvalue weighted by Gasteiger charge is -2.12. The van der Waals surface area contributed by atoms with Gasteiger partial charge in [0, 0.05) is 13.2 Å². The summed E-state index contributed by atoms with van der Waals surface area (Å²) in [5, 5.41) is 12.2. The Kier molecular flexibility index (Phi) is 6.01. The molecule has 0 saturated heterocycles. The molecule has 0 aliphatic rings. The van der Waals surface area contributed by atoms with Gasteiger partial charge in [-0.2, -0.15) is 0 Å². The summed E-state index contributed by atoms with van der Waals surface area (Å²) in [6.07, 6.45) is 0.856. The minimum absolute atomic E-state index is 0.268. The Bertz CT molecular complexity index is 339. The number of aliphatic hydroxyl groups is 1. The van der Waals surface area contributed by atoms with Crippen molar-refractivity contribution in [2.75, 3.05) is 20.3 Å². The van der Waals surface area contributed by atoms with Crippen LogP contribution in [-0.4, -0.2) is 25.4 Å². The third kappa shape index (κ3) is 4.75. The van der Waals surface area contributed by atoms with Crippen LogP contribution < -0.4 is 10.1 Å². The molecule has 2 N–H and O–H groups in total. The summed E-state index contributed by atoms with van der Waals surface area (Å²) in [5.74, 6) is 1.45. The number of aliphatic hydroxyl groups excluding tert-OH is 1. The normalized spacial score (nSPS) is 12.5. The van der Waals surface area contributed by atoms with Gasteiger partial charge in [-0.3, -0.25) is 0 Å². The summed E-state index contributed by atoms with van der Waals surface area (Å²) < 4.78 is 5.23. The van der Waals surface area contributed by atoms with E-state index in [2.05, 4.69) is 31.3 Å². The largest absolute Gasteiger partial charge is 0.496 e. The maximum absolute atomic E-state index is 8.81. The molecule has 96 valence electrons. The zero-order valence-corrected chi connectivity index (χ0v) is 11.0. The van der Waals surface area contributed by atoms with E-state index in [0.29, 0.717) is 5.92 Å². The molecule has 0 aliphatic heterocycles. The fourth-order valence-corrected chi connectivity index (χ4v) is 1.84. The Morgan fingerprint density at radius 1 is 1.41 bits per heavy atom. The summed E-state index contributed by atoms with van der Waals surface area (Å²) in [6, 6.07) is 6.22. The highest BCUT2D eigenvalue weighted by atomic mass is 16.5. The zero-order valence-electron chi connectivity index (χ0n) is 11.0. The Labute approximate surface area is 104 Å². The zero-order chi connectivity index (χ0) is 12.7. The topological polar surface area (TPSA) is 41.5 Å². The molecule has 0 amide bonds. The van der Waals surface area contributed by atoms with Gasteiger partial charge in [0.2, 0.25) is 0 Å². The van der Waals surface area contributed by atoms with E-state index in [-0.39, 0.29) is 6.61 Å². The van der Waals surface area contributed by atoms with Gasteiger partial charge in [0.1, 0.15) is 5.75 Å². The molecule has 17 heavy (non-hydrogen) atoms. The molecular formula is C14H23NO2. The number of benzene rings is 1. The highest BCUT2D eigenvalue weighted by Gasteiger charge is 2.02. The van der Waals surface area contributed by atoms with Gasteiger partial charge in [-0.25, -0.2) is 0 Å². The second kappa shape index (κ2) is 7.30. The molecule has 3 heteroatoms. The van der Waals surface area contributed by atoms with Crippen molar-refractivity contribution in [3.63, 3.8) is 0 Å². The first-order chi connectivity index (χ1) is 8.17. The molecule has 1 aromatic rings. The van der Waals surface area contributed by atoms with Crippen LogP contribution in [0.1, 0.15) is 24.5 Å². The third-order valence-corrected chi connectivity index (χ3v) is 2.90. The first-order valence-electron chi connectivity index (χ1n) is 6.12. The van der Waals surface area contributed by atoms with Crippen LogP contribution in [0.2, 0.25) is 0 Å². The van der Waals surface area contributed by atoms with E-state index < -0.39 is 0 Å². The summed E-state index contributed by atoms with van der Waals surface area (Å²) in [4.78, 5) is 0. The van der Waals surface area contributed by atoms with E-state index in [0.717, 1.165) is 30.8 Å². The van der Waals surface area contributed by atoms with Gasteiger partial charge >= 0.3 is 0 Å². The fourth-order valence-electron chi connectivity index (χ4n) is 1.84. The highest BCUT2D eigenvalue weighted by Crippen LogP contribution is 2.18. The Balaban J connectivity index is 2.39. The fraction of sp³-hybridized carbons (Fsp3) is 0.571. The van der Waals surface area contributed by atoms with Gasteiger partial charge in [0.05, 0.1) is 7.11 Å². The maximum Gasteiger partial charge on any atom is 0.121 e. The molecule has 0 aliphatic carbocycles. The van der Waals surface area contributed by atoms with Crippen LogP contribution in [0.5, 0.6) is 5.75 Å². The van der Waals surface area contributed by atoms with E-state index >= 15 is 0 Å². The average molecular weight is 237 g/mol. The van der Waals surface area contributed by atoms with Crippen molar-refractivity contribution in [1.29, 1.82) is 0 Å². The number of hydrogen-bond donors (Lipinski definition) is 2. The number of nitrogens with one attached hydrogen (secondary N) is 1. The monoisotopic (exact) mass is 237 g/mol. The summed E-state index contributed by atoms with van der Waals surface area (Å²) in [6.45, 7) is 6.26. The minimum Gasteiger partial charge on any atom is -0.496 e. The quantitative estimate of drug-likeness (QED) is 0.763. The predicted molar refractivity (Wildman–Crippen MR) is 70.3 cm³/mol. The predicted octanol–water partition coefficient (Wildman–Crippen LogP) is 2.11. The summed E-state index contributed by atoms with van der Waals surface area (Å²) in [7, 11) is 1.69. The van der Waals surface area contributed by atoms with Gasteiger partial charge in [0.15, 0.2) is 0 Å². The highest BCUT2D eigenvalue weighted by molar-refractivity contribution is 5.36. The summed E-state index contributed by atoms with van der Waals surface area (Å²) >= 11 is 0. The SMILES string of the molecule is COc1ccc(CNCC(C)CCO)cc1C. The van der Waals surface area contributed by atoms with E-state index in [1.54, 1.807) is 7.11 Å². The number of ether oxygens (including phenoxy) is 1. The minimum atomic E-state index is 0.268. The van der Waals surface area contributed by atoms with Crippen LogP contribution in [0.25, 0.3) is 0 Å². The van der Waals surface area contributed by atoms with Gasteiger partial charge in [-0.15, -0.1) is 0 Å². The number of rotatable bonds is 7. The van der Waals surface area contributed by atoms with Crippen molar-refractivity contribution in [3.05, 3.63) is 29.3 Å². The van der Waals surface area contributed by atoms with Gasteiger partial charge in [-0.05, 0) is 43.0 Å². The van der Waals surface area contributed by atoms with Gasteiger partial charge in [0.25, 0.3) is 0 Å². The van der Waals surface area contributed by atoms with Crippen LogP contribution in [0.4, 0.5) is 0 Å². The first-order valence-corrected chi connectivity index (χ1v) is 6.12. The Hall–Kier alpha value is -1.06. The van der Waals surface area contributed by atoms with Crippen molar-refractivity contribution in [3.8, 4) is 5.75 Å².